The number of hydrogen-bond acceptors (Lipinski definition) is 5. The normalized spacial score (nSPS) is 12.6. The number of pyridine rings is 2. The fourth-order valence-corrected chi connectivity index (χ4v) is 3.14. The molecule has 0 saturated heterocycles. The van der Waals surface area contributed by atoms with Crippen molar-refractivity contribution < 1.29 is 14.6 Å². The van der Waals surface area contributed by atoms with E-state index in [0.29, 0.717) is 18.9 Å². The minimum absolute atomic E-state index is 0.356. The van der Waals surface area contributed by atoms with Crippen LogP contribution in [0.1, 0.15) is 11.3 Å². The van der Waals surface area contributed by atoms with Crippen molar-refractivity contribution in [2.75, 3.05) is 6.54 Å². The van der Waals surface area contributed by atoms with Gasteiger partial charge in [0.25, 0.3) is 5.56 Å². The molecule has 1 aliphatic heterocycles. The number of allylic oxidation sites excluding steroid dienone is 1. The molecule has 3 aromatic rings. The molecule has 0 amide bonds. The van der Waals surface area contributed by atoms with E-state index in [4.69, 9.17) is 9.84 Å². The highest BCUT2D eigenvalue weighted by molar-refractivity contribution is 5.88. The van der Waals surface area contributed by atoms with Crippen LogP contribution in [0.5, 0.6) is 5.75 Å². The first-order chi connectivity index (χ1) is 14.6. The number of nitrogens with zero attached hydrogens (tertiary/aromatic N) is 3. The Labute approximate surface area is 172 Å². The number of rotatable bonds is 7. The van der Waals surface area contributed by atoms with E-state index < -0.39 is 5.97 Å². The number of hydrogen-bond donors (Lipinski definition) is 1. The highest BCUT2D eigenvalue weighted by Crippen LogP contribution is 2.21. The van der Waals surface area contributed by atoms with Crippen LogP contribution in [0.3, 0.4) is 0 Å². The van der Waals surface area contributed by atoms with Gasteiger partial charge in [-0.1, -0.05) is 18.2 Å². The summed E-state index contributed by atoms with van der Waals surface area (Å²) in [6.45, 7) is 0.655. The summed E-state index contributed by atoms with van der Waals surface area (Å²) >= 11 is 0. The second-order valence-corrected chi connectivity index (χ2v) is 6.83. The van der Waals surface area contributed by atoms with Gasteiger partial charge in [-0.3, -0.25) is 19.6 Å². The van der Waals surface area contributed by atoms with Crippen molar-refractivity contribution in [1.82, 2.24) is 9.55 Å². The predicted octanol–water partition coefficient (Wildman–Crippen LogP) is 3.04. The number of aliphatic carboxylic acids is 1. The van der Waals surface area contributed by atoms with Crippen LogP contribution >= 0.6 is 0 Å². The Morgan fingerprint density at radius 2 is 2.00 bits per heavy atom. The molecule has 0 atom stereocenters. The Hall–Kier alpha value is -4.00. The van der Waals surface area contributed by atoms with Gasteiger partial charge in [-0.05, 0) is 47.0 Å². The summed E-state index contributed by atoms with van der Waals surface area (Å²) in [6.07, 6.45) is 6.92. The van der Waals surface area contributed by atoms with Gasteiger partial charge in [0.05, 0.1) is 18.4 Å². The summed E-state index contributed by atoms with van der Waals surface area (Å²) in [5.74, 6) is -0.389. The third-order valence-corrected chi connectivity index (χ3v) is 4.68. The van der Waals surface area contributed by atoms with Gasteiger partial charge in [0.2, 0.25) is 0 Å². The monoisotopic (exact) mass is 401 g/mol. The molecule has 2 aromatic heterocycles. The largest absolute Gasteiger partial charge is 0.487 e. The first kappa shape index (κ1) is 19.3. The Morgan fingerprint density at radius 3 is 2.70 bits per heavy atom. The van der Waals surface area contributed by atoms with Crippen LogP contribution in [0.4, 0.5) is 0 Å². The molecule has 0 radical (unpaired) electrons. The van der Waals surface area contributed by atoms with E-state index in [1.165, 1.54) is 12.3 Å². The molecule has 0 fully saturated rings. The minimum atomic E-state index is -1.06. The van der Waals surface area contributed by atoms with Gasteiger partial charge < -0.3 is 14.4 Å². The maximum Gasteiger partial charge on any atom is 0.323 e. The number of aromatic nitrogens is 2. The topological polar surface area (TPSA) is 93.8 Å². The van der Waals surface area contributed by atoms with Crippen LogP contribution in [0.2, 0.25) is 0 Å². The van der Waals surface area contributed by atoms with Gasteiger partial charge >= 0.3 is 5.97 Å². The second kappa shape index (κ2) is 8.57. The summed E-state index contributed by atoms with van der Waals surface area (Å²) in [7, 11) is 0. The SMILES string of the molecule is O=C(O)Cn1ccc(-c2cccc(COc3ccc(C4=CC=NC4)nc3)c2)cc1=O. The average molecular weight is 401 g/mol. The number of carbonyl (C=O) groups is 1. The van der Waals surface area contributed by atoms with Crippen molar-refractivity contribution in [2.24, 2.45) is 4.99 Å². The lowest BCUT2D eigenvalue weighted by atomic mass is 10.0. The van der Waals surface area contributed by atoms with Gasteiger partial charge in [0.15, 0.2) is 0 Å². The van der Waals surface area contributed by atoms with Crippen LogP contribution < -0.4 is 10.3 Å². The molecule has 150 valence electrons. The van der Waals surface area contributed by atoms with E-state index in [1.807, 2.05) is 42.5 Å². The lowest BCUT2D eigenvalue weighted by molar-refractivity contribution is -0.137. The molecule has 0 saturated carbocycles. The van der Waals surface area contributed by atoms with Crippen LogP contribution in [-0.4, -0.2) is 33.4 Å². The van der Waals surface area contributed by atoms with Crippen molar-refractivity contribution in [1.29, 1.82) is 0 Å². The molecule has 0 spiro atoms. The zero-order valence-electron chi connectivity index (χ0n) is 16.1. The number of ether oxygens (including phenoxy) is 1. The lowest BCUT2D eigenvalue weighted by Crippen LogP contribution is -2.22. The molecular weight excluding hydrogens is 382 g/mol. The highest BCUT2D eigenvalue weighted by atomic mass is 16.5. The van der Waals surface area contributed by atoms with Gasteiger partial charge in [-0.25, -0.2) is 0 Å². The molecule has 30 heavy (non-hydrogen) atoms. The van der Waals surface area contributed by atoms with Gasteiger partial charge in [0, 0.05) is 24.1 Å². The predicted molar refractivity (Wildman–Crippen MR) is 114 cm³/mol. The van der Waals surface area contributed by atoms with Crippen LogP contribution in [0, 0.1) is 0 Å². The molecule has 0 aliphatic carbocycles. The molecule has 1 aliphatic rings. The zero-order chi connectivity index (χ0) is 20.9. The molecule has 3 heterocycles. The van der Waals surface area contributed by atoms with Crippen LogP contribution in [-0.2, 0) is 17.9 Å². The summed E-state index contributed by atoms with van der Waals surface area (Å²) in [5, 5.41) is 8.85. The molecule has 0 unspecified atom stereocenters. The summed E-state index contributed by atoms with van der Waals surface area (Å²) in [4.78, 5) is 31.5. The average Bonchev–Trinajstić information content (AvgIpc) is 3.29. The number of carboxylic acids is 1. The minimum Gasteiger partial charge on any atom is -0.487 e. The van der Waals surface area contributed by atoms with Crippen molar-refractivity contribution in [3.63, 3.8) is 0 Å². The van der Waals surface area contributed by atoms with Crippen molar-refractivity contribution >= 4 is 17.8 Å². The van der Waals surface area contributed by atoms with E-state index in [9.17, 15) is 9.59 Å². The summed E-state index contributed by atoms with van der Waals surface area (Å²) in [6, 6.07) is 14.6. The second-order valence-electron chi connectivity index (χ2n) is 6.83. The lowest BCUT2D eigenvalue weighted by Gasteiger charge is -2.09. The van der Waals surface area contributed by atoms with Crippen molar-refractivity contribution in [3.8, 4) is 16.9 Å². The molecule has 7 nitrogen and oxygen atoms in total. The van der Waals surface area contributed by atoms with E-state index >= 15 is 0 Å². The fraction of sp³-hybridized carbons (Fsp3) is 0.130. The smallest absolute Gasteiger partial charge is 0.323 e. The summed E-state index contributed by atoms with van der Waals surface area (Å²) < 4.78 is 7.00. The number of carboxylic acid groups (broad SMARTS) is 1. The molecular formula is C23H19N3O4. The third-order valence-electron chi connectivity index (χ3n) is 4.68. The van der Waals surface area contributed by atoms with Crippen molar-refractivity contribution in [3.05, 3.63) is 88.6 Å². The van der Waals surface area contributed by atoms with Crippen LogP contribution in [0.25, 0.3) is 16.7 Å². The summed E-state index contributed by atoms with van der Waals surface area (Å²) in [5.41, 5.74) is 4.14. The standard InChI is InChI=1S/C23H19N3O4/c27-22-11-18(7-9-26(22)14-23(28)29)17-3-1-2-16(10-17)15-30-20-4-5-21(25-13-20)19-6-8-24-12-19/h1-11,13H,12,14-15H2,(H,28,29). The molecule has 7 heteroatoms. The van der Waals surface area contributed by atoms with E-state index in [-0.39, 0.29) is 12.1 Å². The fourth-order valence-electron chi connectivity index (χ4n) is 3.14. The van der Waals surface area contributed by atoms with Crippen LogP contribution in [0.15, 0.2) is 76.8 Å². The molecule has 1 N–H and O–H groups in total. The number of aliphatic imine (C=N–C) groups is 1. The zero-order valence-corrected chi connectivity index (χ0v) is 16.1. The first-order valence-corrected chi connectivity index (χ1v) is 9.38. The Balaban J connectivity index is 1.44. The van der Waals surface area contributed by atoms with Gasteiger partial charge in [-0.15, -0.1) is 0 Å². The van der Waals surface area contributed by atoms with E-state index in [1.54, 1.807) is 18.5 Å². The first-order valence-electron chi connectivity index (χ1n) is 9.38. The quantitative estimate of drug-likeness (QED) is 0.657. The maximum atomic E-state index is 12.1. The Bertz CT molecular complexity index is 1190. The van der Waals surface area contributed by atoms with Crippen molar-refractivity contribution in [2.45, 2.75) is 13.2 Å². The number of benzene rings is 1. The molecule has 4 rings (SSSR count). The van der Waals surface area contributed by atoms with Gasteiger partial charge in [-0.2, -0.15) is 0 Å². The highest BCUT2D eigenvalue weighted by Gasteiger charge is 2.07. The molecule has 0 bridgehead atoms. The third kappa shape index (κ3) is 4.52. The van der Waals surface area contributed by atoms with E-state index in [2.05, 4.69) is 9.98 Å². The molecule has 1 aromatic carbocycles. The van der Waals surface area contributed by atoms with Gasteiger partial charge in [0.1, 0.15) is 18.9 Å². The van der Waals surface area contributed by atoms with E-state index in [0.717, 1.165) is 32.5 Å². The Morgan fingerprint density at radius 1 is 1.13 bits per heavy atom. The maximum absolute atomic E-state index is 12.1. The Kier molecular flexibility index (Phi) is 5.52.